The van der Waals surface area contributed by atoms with E-state index >= 15 is 0 Å². The lowest BCUT2D eigenvalue weighted by Gasteiger charge is -2.39. The summed E-state index contributed by atoms with van der Waals surface area (Å²) < 4.78 is 11.1. The molecule has 1 aliphatic rings. The van der Waals surface area contributed by atoms with Gasteiger partial charge in [0.15, 0.2) is 11.5 Å². The molecule has 0 N–H and O–H groups in total. The third kappa shape index (κ3) is 4.97. The zero-order valence-electron chi connectivity index (χ0n) is 19.2. The Balaban J connectivity index is 1.98. The quantitative estimate of drug-likeness (QED) is 0.620. The second-order valence-electron chi connectivity index (χ2n) is 9.63. The molecule has 2 atom stereocenters. The minimum absolute atomic E-state index is 0.107. The van der Waals surface area contributed by atoms with Crippen molar-refractivity contribution < 1.29 is 14.3 Å². The minimum atomic E-state index is -0.107. The first-order chi connectivity index (χ1) is 14.2. The summed E-state index contributed by atoms with van der Waals surface area (Å²) in [5.74, 6) is 2.01. The molecule has 0 radical (unpaired) electrons. The van der Waals surface area contributed by atoms with Crippen LogP contribution in [0.15, 0.2) is 42.5 Å². The standard InChI is InChI=1S/C26H35NO3/c1-18(17-26(2,3)4)14-24(28)27-13-12-20-15-22(29-5)23(30-6)16-21(20)25(27)19-10-8-7-9-11-19/h7-11,15-16,18,25H,12-14,17H2,1-6H3/t18-,25+/m0/s1. The molecule has 0 bridgehead atoms. The van der Waals surface area contributed by atoms with Crippen LogP contribution in [0.5, 0.6) is 11.5 Å². The van der Waals surface area contributed by atoms with E-state index in [4.69, 9.17) is 9.47 Å². The summed E-state index contributed by atoms with van der Waals surface area (Å²) >= 11 is 0. The van der Waals surface area contributed by atoms with Gasteiger partial charge >= 0.3 is 0 Å². The number of amides is 1. The summed E-state index contributed by atoms with van der Waals surface area (Å²) in [6, 6.07) is 14.3. The van der Waals surface area contributed by atoms with Gasteiger partial charge in [-0.3, -0.25) is 4.79 Å². The summed E-state index contributed by atoms with van der Waals surface area (Å²) in [7, 11) is 3.32. The van der Waals surface area contributed by atoms with Crippen molar-refractivity contribution in [1.82, 2.24) is 4.90 Å². The molecule has 4 heteroatoms. The average Bonchev–Trinajstić information content (AvgIpc) is 2.70. The lowest BCUT2D eigenvalue weighted by Crippen LogP contribution is -2.41. The molecule has 2 aromatic rings. The third-order valence-electron chi connectivity index (χ3n) is 5.79. The zero-order valence-corrected chi connectivity index (χ0v) is 19.2. The van der Waals surface area contributed by atoms with E-state index in [1.807, 2.05) is 24.3 Å². The van der Waals surface area contributed by atoms with Gasteiger partial charge in [0.25, 0.3) is 0 Å². The number of benzene rings is 2. The Labute approximate surface area is 181 Å². The highest BCUT2D eigenvalue weighted by Gasteiger charge is 2.34. The van der Waals surface area contributed by atoms with Crippen molar-refractivity contribution in [3.8, 4) is 11.5 Å². The van der Waals surface area contributed by atoms with Crippen molar-refractivity contribution in [1.29, 1.82) is 0 Å². The molecule has 0 aliphatic carbocycles. The lowest BCUT2D eigenvalue weighted by molar-refractivity contribution is -0.134. The van der Waals surface area contributed by atoms with E-state index in [0.29, 0.717) is 24.6 Å². The van der Waals surface area contributed by atoms with E-state index in [1.54, 1.807) is 14.2 Å². The summed E-state index contributed by atoms with van der Waals surface area (Å²) in [5, 5.41) is 0. The molecule has 1 aliphatic heterocycles. The molecule has 0 saturated carbocycles. The molecule has 0 saturated heterocycles. The molecular formula is C26H35NO3. The van der Waals surface area contributed by atoms with Gasteiger partial charge in [-0.25, -0.2) is 0 Å². The number of nitrogens with zero attached hydrogens (tertiary/aromatic N) is 1. The first kappa shape index (κ1) is 22.2. The number of carbonyl (C=O) groups excluding carboxylic acids is 1. The molecule has 1 heterocycles. The largest absolute Gasteiger partial charge is 0.493 e. The van der Waals surface area contributed by atoms with Gasteiger partial charge in [0.05, 0.1) is 20.3 Å². The maximum atomic E-state index is 13.4. The van der Waals surface area contributed by atoms with Crippen LogP contribution in [0.2, 0.25) is 0 Å². The van der Waals surface area contributed by atoms with E-state index in [2.05, 4.69) is 50.8 Å². The van der Waals surface area contributed by atoms with Gasteiger partial charge in [0.2, 0.25) is 5.91 Å². The number of fused-ring (bicyclic) bond motifs is 1. The van der Waals surface area contributed by atoms with Gasteiger partial charge in [0, 0.05) is 13.0 Å². The van der Waals surface area contributed by atoms with Gasteiger partial charge < -0.3 is 14.4 Å². The minimum Gasteiger partial charge on any atom is -0.493 e. The SMILES string of the molecule is COc1cc2c(cc1OC)[C@@H](c1ccccc1)N(C(=O)C[C@H](C)CC(C)(C)C)CC2. The molecule has 0 unspecified atom stereocenters. The van der Waals surface area contributed by atoms with Crippen LogP contribution in [0.4, 0.5) is 0 Å². The molecule has 4 nitrogen and oxygen atoms in total. The van der Waals surface area contributed by atoms with Gasteiger partial charge in [-0.05, 0) is 53.0 Å². The Hall–Kier alpha value is -2.49. The molecule has 162 valence electrons. The van der Waals surface area contributed by atoms with Crippen molar-refractivity contribution in [3.05, 3.63) is 59.2 Å². The second kappa shape index (κ2) is 9.11. The van der Waals surface area contributed by atoms with E-state index in [0.717, 1.165) is 29.7 Å². The molecule has 30 heavy (non-hydrogen) atoms. The summed E-state index contributed by atoms with van der Waals surface area (Å²) in [6.45, 7) is 9.60. The van der Waals surface area contributed by atoms with Crippen molar-refractivity contribution in [2.24, 2.45) is 11.3 Å². The maximum Gasteiger partial charge on any atom is 0.223 e. The predicted octanol–water partition coefficient (Wildman–Crippen LogP) is 5.64. The Morgan fingerprint density at radius 1 is 1.10 bits per heavy atom. The van der Waals surface area contributed by atoms with Crippen LogP contribution in [-0.4, -0.2) is 31.6 Å². The van der Waals surface area contributed by atoms with Gasteiger partial charge in [-0.15, -0.1) is 0 Å². The van der Waals surface area contributed by atoms with E-state index in [-0.39, 0.29) is 17.4 Å². The second-order valence-corrected chi connectivity index (χ2v) is 9.63. The van der Waals surface area contributed by atoms with Crippen molar-refractivity contribution >= 4 is 5.91 Å². The van der Waals surface area contributed by atoms with Crippen molar-refractivity contribution in [2.75, 3.05) is 20.8 Å². The highest BCUT2D eigenvalue weighted by Crippen LogP contribution is 2.41. The van der Waals surface area contributed by atoms with Crippen LogP contribution in [0.3, 0.4) is 0 Å². The maximum absolute atomic E-state index is 13.4. The number of hydrogen-bond acceptors (Lipinski definition) is 3. The molecule has 0 aromatic heterocycles. The molecule has 0 spiro atoms. The fourth-order valence-electron chi connectivity index (χ4n) is 4.74. The van der Waals surface area contributed by atoms with E-state index in [9.17, 15) is 4.79 Å². The van der Waals surface area contributed by atoms with Crippen molar-refractivity contribution in [2.45, 2.75) is 53.0 Å². The fourth-order valence-corrected chi connectivity index (χ4v) is 4.74. The lowest BCUT2D eigenvalue weighted by atomic mass is 9.83. The van der Waals surface area contributed by atoms with Crippen LogP contribution in [-0.2, 0) is 11.2 Å². The highest BCUT2D eigenvalue weighted by molar-refractivity contribution is 5.78. The summed E-state index contributed by atoms with van der Waals surface area (Å²) in [5.41, 5.74) is 3.69. The van der Waals surface area contributed by atoms with Crippen LogP contribution >= 0.6 is 0 Å². The smallest absolute Gasteiger partial charge is 0.223 e. The van der Waals surface area contributed by atoms with Crippen LogP contribution in [0, 0.1) is 11.3 Å². The third-order valence-corrected chi connectivity index (χ3v) is 5.79. The molecule has 1 amide bonds. The predicted molar refractivity (Wildman–Crippen MR) is 121 cm³/mol. The molecule has 2 aromatic carbocycles. The number of methoxy groups -OCH3 is 2. The number of hydrogen-bond donors (Lipinski definition) is 0. The number of carbonyl (C=O) groups is 1. The normalized spacial score (nSPS) is 17.3. The van der Waals surface area contributed by atoms with Crippen LogP contribution < -0.4 is 9.47 Å². The van der Waals surface area contributed by atoms with Crippen LogP contribution in [0.1, 0.15) is 63.3 Å². The Morgan fingerprint density at radius 3 is 2.33 bits per heavy atom. The highest BCUT2D eigenvalue weighted by atomic mass is 16.5. The fraction of sp³-hybridized carbons (Fsp3) is 0.500. The first-order valence-electron chi connectivity index (χ1n) is 10.8. The monoisotopic (exact) mass is 409 g/mol. The Bertz CT molecular complexity index is 870. The molecular weight excluding hydrogens is 374 g/mol. The van der Waals surface area contributed by atoms with E-state index in [1.165, 1.54) is 5.56 Å². The molecule has 0 fully saturated rings. The van der Waals surface area contributed by atoms with Gasteiger partial charge in [0.1, 0.15) is 0 Å². The Kier molecular flexibility index (Phi) is 6.74. The summed E-state index contributed by atoms with van der Waals surface area (Å²) in [6.07, 6.45) is 2.42. The first-order valence-corrected chi connectivity index (χ1v) is 10.8. The van der Waals surface area contributed by atoms with Crippen LogP contribution in [0.25, 0.3) is 0 Å². The topological polar surface area (TPSA) is 38.8 Å². The Morgan fingerprint density at radius 2 is 1.73 bits per heavy atom. The average molecular weight is 410 g/mol. The van der Waals surface area contributed by atoms with Gasteiger partial charge in [-0.1, -0.05) is 58.0 Å². The molecule has 3 rings (SSSR count). The van der Waals surface area contributed by atoms with Gasteiger partial charge in [-0.2, -0.15) is 0 Å². The summed E-state index contributed by atoms with van der Waals surface area (Å²) in [4.78, 5) is 15.5. The van der Waals surface area contributed by atoms with E-state index < -0.39 is 0 Å². The van der Waals surface area contributed by atoms with Crippen molar-refractivity contribution in [3.63, 3.8) is 0 Å². The number of ether oxygens (including phenoxy) is 2. The number of rotatable bonds is 6. The zero-order chi connectivity index (χ0) is 21.9.